The minimum absolute atomic E-state index is 0. The Morgan fingerprint density at radius 1 is 1.20 bits per heavy atom. The molecule has 0 aliphatic heterocycles. The van der Waals surface area contributed by atoms with Crippen molar-refractivity contribution in [3.05, 3.63) is 29.8 Å². The molecule has 0 heterocycles. The third kappa shape index (κ3) is 4.25. The highest BCUT2D eigenvalue weighted by Crippen LogP contribution is 2.47. The van der Waals surface area contributed by atoms with E-state index in [2.05, 4.69) is 10.6 Å². The molecule has 2 bridgehead atoms. The number of nitrogens with two attached hydrogens (primary N) is 1. The molecule has 3 rings (SSSR count). The fraction of sp³-hybridized carbons (Fsp3) is 0.556. The average Bonchev–Trinajstić information content (AvgIpc) is 3.19. The Balaban J connectivity index is 0.00000225. The quantitative estimate of drug-likeness (QED) is 0.661. The van der Waals surface area contributed by atoms with Crippen molar-refractivity contribution in [2.45, 2.75) is 25.3 Å². The number of carbonyl (C=O) groups excluding carboxylic acids is 2. The number of methoxy groups -OCH3 is 1. The summed E-state index contributed by atoms with van der Waals surface area (Å²) < 4.78 is 5.10. The Bertz CT molecular complexity index is 623. The normalized spacial score (nSPS) is 26.6. The van der Waals surface area contributed by atoms with Gasteiger partial charge in [0.25, 0.3) is 5.91 Å². The summed E-state index contributed by atoms with van der Waals surface area (Å²) in [7, 11) is 1.56. The first-order valence-corrected chi connectivity index (χ1v) is 8.55. The standard InChI is InChI=1S/C18H25N3O3.ClH/c1-24-14-4-2-3-13(10-14)17(22)20-7-8-21-18(23)15-11-5-6-12(9-11)16(15)19;/h2-4,10-12,15-16H,5-9,19H2,1H3,(H,20,22)(H,21,23);1H. The van der Waals surface area contributed by atoms with Gasteiger partial charge in [-0.25, -0.2) is 0 Å². The second-order valence-electron chi connectivity index (χ2n) is 6.72. The first-order chi connectivity index (χ1) is 11.6. The maximum atomic E-state index is 12.3. The van der Waals surface area contributed by atoms with E-state index >= 15 is 0 Å². The van der Waals surface area contributed by atoms with Crippen LogP contribution in [-0.4, -0.2) is 38.1 Å². The van der Waals surface area contributed by atoms with Gasteiger partial charge in [0.05, 0.1) is 13.0 Å². The van der Waals surface area contributed by atoms with Crippen molar-refractivity contribution >= 4 is 24.2 Å². The molecule has 2 aliphatic rings. The van der Waals surface area contributed by atoms with E-state index in [1.807, 2.05) is 0 Å². The Hall–Kier alpha value is -1.79. The predicted molar refractivity (Wildman–Crippen MR) is 97.9 cm³/mol. The summed E-state index contributed by atoms with van der Waals surface area (Å²) in [6, 6.07) is 6.96. The van der Waals surface area contributed by atoms with Crippen molar-refractivity contribution in [2.24, 2.45) is 23.5 Å². The molecule has 2 saturated carbocycles. The highest BCUT2D eigenvalue weighted by molar-refractivity contribution is 5.94. The van der Waals surface area contributed by atoms with Gasteiger partial charge in [0, 0.05) is 24.7 Å². The number of nitrogens with one attached hydrogen (secondary N) is 2. The topological polar surface area (TPSA) is 93.5 Å². The molecular weight excluding hydrogens is 342 g/mol. The summed E-state index contributed by atoms with van der Waals surface area (Å²) >= 11 is 0. The van der Waals surface area contributed by atoms with Crippen molar-refractivity contribution in [3.8, 4) is 5.75 Å². The molecule has 2 aliphatic carbocycles. The minimum atomic E-state index is -0.181. The number of benzene rings is 1. The molecule has 0 aromatic heterocycles. The van der Waals surface area contributed by atoms with Crippen LogP contribution in [0.2, 0.25) is 0 Å². The summed E-state index contributed by atoms with van der Waals surface area (Å²) in [4.78, 5) is 24.4. The predicted octanol–water partition coefficient (Wildman–Crippen LogP) is 1.34. The van der Waals surface area contributed by atoms with Crippen LogP contribution in [0.4, 0.5) is 0 Å². The number of fused-ring (bicyclic) bond motifs is 2. The van der Waals surface area contributed by atoms with Gasteiger partial charge in [-0.15, -0.1) is 12.4 Å². The van der Waals surface area contributed by atoms with E-state index in [0.717, 1.165) is 19.3 Å². The molecule has 1 aromatic carbocycles. The lowest BCUT2D eigenvalue weighted by Crippen LogP contribution is -2.46. The number of hydrogen-bond acceptors (Lipinski definition) is 4. The fourth-order valence-corrected chi connectivity index (χ4v) is 4.07. The largest absolute Gasteiger partial charge is 0.497 e. The molecule has 0 spiro atoms. The van der Waals surface area contributed by atoms with E-state index in [-0.39, 0.29) is 36.2 Å². The van der Waals surface area contributed by atoms with Gasteiger partial charge in [-0.05, 0) is 49.3 Å². The minimum Gasteiger partial charge on any atom is -0.497 e. The van der Waals surface area contributed by atoms with Crippen LogP contribution in [0.15, 0.2) is 24.3 Å². The maximum Gasteiger partial charge on any atom is 0.251 e. The van der Waals surface area contributed by atoms with E-state index in [0.29, 0.717) is 36.2 Å². The summed E-state index contributed by atoms with van der Waals surface area (Å²) in [5.74, 6) is 1.39. The van der Waals surface area contributed by atoms with Gasteiger partial charge in [-0.1, -0.05) is 6.07 Å². The molecule has 0 radical (unpaired) electrons. The summed E-state index contributed by atoms with van der Waals surface area (Å²) in [5.41, 5.74) is 6.72. The SMILES string of the molecule is COc1cccc(C(=O)NCCNC(=O)C2C3CCC(C3)C2N)c1.Cl. The molecule has 138 valence electrons. The van der Waals surface area contributed by atoms with E-state index < -0.39 is 0 Å². The zero-order chi connectivity index (χ0) is 17.1. The van der Waals surface area contributed by atoms with Crippen molar-refractivity contribution < 1.29 is 14.3 Å². The van der Waals surface area contributed by atoms with E-state index in [1.54, 1.807) is 31.4 Å². The van der Waals surface area contributed by atoms with Gasteiger partial charge in [0.2, 0.25) is 5.91 Å². The molecule has 4 unspecified atom stereocenters. The van der Waals surface area contributed by atoms with Gasteiger partial charge >= 0.3 is 0 Å². The highest BCUT2D eigenvalue weighted by atomic mass is 35.5. The maximum absolute atomic E-state index is 12.3. The number of rotatable bonds is 6. The lowest BCUT2D eigenvalue weighted by atomic mass is 9.84. The molecule has 2 amide bonds. The molecule has 25 heavy (non-hydrogen) atoms. The Kier molecular flexibility index (Phi) is 6.67. The first-order valence-electron chi connectivity index (χ1n) is 8.55. The fourth-order valence-electron chi connectivity index (χ4n) is 4.07. The van der Waals surface area contributed by atoms with Crippen LogP contribution >= 0.6 is 12.4 Å². The summed E-state index contributed by atoms with van der Waals surface area (Å²) in [6.45, 7) is 0.799. The third-order valence-corrected chi connectivity index (χ3v) is 5.33. The van der Waals surface area contributed by atoms with Crippen LogP contribution in [-0.2, 0) is 4.79 Å². The van der Waals surface area contributed by atoms with Crippen LogP contribution in [0, 0.1) is 17.8 Å². The lowest BCUT2D eigenvalue weighted by molar-refractivity contribution is -0.127. The molecule has 6 nitrogen and oxygen atoms in total. The van der Waals surface area contributed by atoms with Crippen molar-refractivity contribution in [1.82, 2.24) is 10.6 Å². The number of halogens is 1. The number of amides is 2. The second kappa shape index (κ2) is 8.54. The van der Waals surface area contributed by atoms with Crippen LogP contribution in [0.25, 0.3) is 0 Å². The van der Waals surface area contributed by atoms with Gasteiger partial charge in [-0.2, -0.15) is 0 Å². The number of hydrogen-bond donors (Lipinski definition) is 3. The Labute approximate surface area is 154 Å². The Morgan fingerprint density at radius 3 is 2.60 bits per heavy atom. The third-order valence-electron chi connectivity index (χ3n) is 5.33. The van der Waals surface area contributed by atoms with Gasteiger partial charge in [-0.3, -0.25) is 9.59 Å². The Morgan fingerprint density at radius 2 is 1.92 bits per heavy atom. The smallest absolute Gasteiger partial charge is 0.251 e. The molecule has 1 aromatic rings. The van der Waals surface area contributed by atoms with Gasteiger partial charge in [0.1, 0.15) is 5.75 Å². The average molecular weight is 368 g/mol. The van der Waals surface area contributed by atoms with Gasteiger partial charge in [0.15, 0.2) is 0 Å². The molecule has 0 saturated heterocycles. The first kappa shape index (κ1) is 19.5. The van der Waals surface area contributed by atoms with E-state index in [1.165, 1.54) is 0 Å². The van der Waals surface area contributed by atoms with E-state index in [4.69, 9.17) is 10.5 Å². The zero-order valence-corrected chi connectivity index (χ0v) is 15.2. The number of carbonyl (C=O) groups is 2. The zero-order valence-electron chi connectivity index (χ0n) is 14.4. The molecule has 7 heteroatoms. The molecule has 4 N–H and O–H groups in total. The highest BCUT2D eigenvalue weighted by Gasteiger charge is 2.48. The van der Waals surface area contributed by atoms with E-state index in [9.17, 15) is 9.59 Å². The lowest BCUT2D eigenvalue weighted by Gasteiger charge is -2.27. The van der Waals surface area contributed by atoms with Gasteiger partial charge < -0.3 is 21.1 Å². The molecule has 4 atom stereocenters. The van der Waals surface area contributed by atoms with Crippen LogP contribution in [0.5, 0.6) is 5.75 Å². The molecule has 2 fully saturated rings. The second-order valence-corrected chi connectivity index (χ2v) is 6.72. The van der Waals surface area contributed by atoms with Crippen LogP contribution < -0.4 is 21.1 Å². The monoisotopic (exact) mass is 367 g/mol. The van der Waals surface area contributed by atoms with Crippen molar-refractivity contribution in [2.75, 3.05) is 20.2 Å². The summed E-state index contributed by atoms with van der Waals surface area (Å²) in [5, 5.41) is 5.71. The molecular formula is C18H26ClN3O3. The van der Waals surface area contributed by atoms with Crippen LogP contribution in [0.3, 0.4) is 0 Å². The van der Waals surface area contributed by atoms with Crippen LogP contribution in [0.1, 0.15) is 29.6 Å². The number of ether oxygens (including phenoxy) is 1. The van der Waals surface area contributed by atoms with Crippen molar-refractivity contribution in [1.29, 1.82) is 0 Å². The summed E-state index contributed by atoms with van der Waals surface area (Å²) in [6.07, 6.45) is 3.36. The van der Waals surface area contributed by atoms with Crippen molar-refractivity contribution in [3.63, 3.8) is 0 Å².